The van der Waals surface area contributed by atoms with Crippen LogP contribution in [0.1, 0.15) is 30.7 Å². The molecule has 0 saturated carbocycles. The summed E-state index contributed by atoms with van der Waals surface area (Å²) >= 11 is 0. The van der Waals surface area contributed by atoms with E-state index in [4.69, 9.17) is 15.2 Å². The highest BCUT2D eigenvalue weighted by Gasteiger charge is 2.62. The number of ether oxygens (including phenoxy) is 2. The van der Waals surface area contributed by atoms with Crippen molar-refractivity contribution < 1.29 is 19.1 Å². The van der Waals surface area contributed by atoms with E-state index in [1.165, 1.54) is 4.57 Å². The fourth-order valence-corrected chi connectivity index (χ4v) is 4.40. The number of carbonyl (C=O) groups is 2. The van der Waals surface area contributed by atoms with Crippen LogP contribution in [-0.2, 0) is 26.8 Å². The molecule has 0 radical (unpaired) electrons. The third-order valence-electron chi connectivity index (χ3n) is 5.81. The van der Waals surface area contributed by atoms with E-state index in [-0.39, 0.29) is 29.4 Å². The Labute approximate surface area is 173 Å². The van der Waals surface area contributed by atoms with Gasteiger partial charge < -0.3 is 24.7 Å². The highest BCUT2D eigenvalue weighted by molar-refractivity contribution is 6.18. The lowest BCUT2D eigenvalue weighted by atomic mass is 9.68. The molecule has 0 fully saturated rings. The highest BCUT2D eigenvalue weighted by atomic mass is 16.5. The van der Waals surface area contributed by atoms with E-state index in [1.807, 2.05) is 6.92 Å². The first-order valence-electron chi connectivity index (χ1n) is 9.78. The van der Waals surface area contributed by atoms with Crippen molar-refractivity contribution in [1.82, 2.24) is 4.57 Å². The number of aromatic nitrogens is 1. The van der Waals surface area contributed by atoms with Crippen molar-refractivity contribution in [3.05, 3.63) is 69.0 Å². The molecule has 8 nitrogen and oxygen atoms in total. The molecule has 2 N–H and O–H groups in total. The number of amides is 1. The van der Waals surface area contributed by atoms with E-state index >= 15 is 0 Å². The average molecular weight is 409 g/mol. The Morgan fingerprint density at radius 1 is 1.23 bits per heavy atom. The lowest BCUT2D eigenvalue weighted by molar-refractivity contribution is -0.140. The molecule has 3 heterocycles. The second-order valence-corrected chi connectivity index (χ2v) is 7.27. The van der Waals surface area contributed by atoms with Gasteiger partial charge in [0, 0.05) is 36.6 Å². The van der Waals surface area contributed by atoms with Crippen molar-refractivity contribution in [1.29, 1.82) is 0 Å². The van der Waals surface area contributed by atoms with Gasteiger partial charge in [0.2, 0.25) is 11.8 Å². The zero-order valence-corrected chi connectivity index (χ0v) is 17.3. The summed E-state index contributed by atoms with van der Waals surface area (Å²) in [6, 6.07) is 8.75. The first-order chi connectivity index (χ1) is 14.3. The van der Waals surface area contributed by atoms with Crippen molar-refractivity contribution in [2.75, 3.05) is 18.1 Å². The molecule has 2 aliphatic rings. The predicted octanol–water partition coefficient (Wildman–Crippen LogP) is 1.47. The zero-order valence-electron chi connectivity index (χ0n) is 17.3. The van der Waals surface area contributed by atoms with Gasteiger partial charge in [0.1, 0.15) is 16.7 Å². The standard InChI is InChI=1S/C22H23N3O5/c1-5-25-14-10-8-7-9-13(14)22(21(25)28)16-15(11-12(3)24(4)19(16)26)30-18(23)17(22)20(27)29-6-2/h7-11H,5-6,23H2,1-4H3/t22-/m1/s1. The van der Waals surface area contributed by atoms with Gasteiger partial charge in [-0.05, 0) is 26.8 Å². The summed E-state index contributed by atoms with van der Waals surface area (Å²) in [5.74, 6) is -1.29. The average Bonchev–Trinajstić information content (AvgIpc) is 2.95. The number of esters is 1. The molecular formula is C22H23N3O5. The van der Waals surface area contributed by atoms with Gasteiger partial charge in [-0.25, -0.2) is 4.79 Å². The lowest BCUT2D eigenvalue weighted by Crippen LogP contribution is -2.52. The van der Waals surface area contributed by atoms with Crippen molar-refractivity contribution in [2.45, 2.75) is 26.2 Å². The van der Waals surface area contributed by atoms with Gasteiger partial charge >= 0.3 is 5.97 Å². The Bertz CT molecular complexity index is 1180. The van der Waals surface area contributed by atoms with Crippen LogP contribution in [0, 0.1) is 6.92 Å². The maximum Gasteiger partial charge on any atom is 0.341 e. The van der Waals surface area contributed by atoms with Crippen molar-refractivity contribution in [3.63, 3.8) is 0 Å². The van der Waals surface area contributed by atoms with Gasteiger partial charge in [-0.1, -0.05) is 18.2 Å². The minimum Gasteiger partial charge on any atom is -0.462 e. The lowest BCUT2D eigenvalue weighted by Gasteiger charge is -2.35. The predicted molar refractivity (Wildman–Crippen MR) is 110 cm³/mol. The Kier molecular flexibility index (Phi) is 4.45. The SMILES string of the molecule is CCOC(=O)C1=C(N)Oc2cc(C)n(C)c(=O)c2[C@@]12C(=O)N(CC)c1ccccc12. The van der Waals surface area contributed by atoms with E-state index in [1.54, 1.807) is 56.1 Å². The number of benzene rings is 1. The molecule has 0 aliphatic carbocycles. The van der Waals surface area contributed by atoms with Gasteiger partial charge in [-0.15, -0.1) is 0 Å². The second kappa shape index (κ2) is 6.76. The molecule has 2 aliphatic heterocycles. The molecule has 0 unspecified atom stereocenters. The van der Waals surface area contributed by atoms with E-state index in [9.17, 15) is 14.4 Å². The summed E-state index contributed by atoms with van der Waals surface area (Å²) < 4.78 is 12.4. The van der Waals surface area contributed by atoms with Crippen LogP contribution < -0.4 is 20.9 Å². The van der Waals surface area contributed by atoms with E-state index < -0.39 is 22.9 Å². The van der Waals surface area contributed by atoms with E-state index in [0.29, 0.717) is 23.5 Å². The first kappa shape index (κ1) is 19.8. The number of para-hydroxylation sites is 1. The van der Waals surface area contributed by atoms with Gasteiger partial charge in [0.25, 0.3) is 5.56 Å². The third-order valence-corrected chi connectivity index (χ3v) is 5.81. The number of fused-ring (bicyclic) bond motifs is 4. The molecule has 1 spiro atoms. The molecule has 0 saturated heterocycles. The minimum atomic E-state index is -1.74. The smallest absolute Gasteiger partial charge is 0.341 e. The molecule has 1 aromatic carbocycles. The van der Waals surface area contributed by atoms with E-state index in [2.05, 4.69) is 0 Å². The molecule has 30 heavy (non-hydrogen) atoms. The Hall–Kier alpha value is -3.55. The molecule has 1 atom stereocenters. The quantitative estimate of drug-likeness (QED) is 0.770. The molecule has 2 aromatic rings. The van der Waals surface area contributed by atoms with Crippen LogP contribution >= 0.6 is 0 Å². The van der Waals surface area contributed by atoms with Crippen molar-refractivity contribution >= 4 is 17.6 Å². The number of carbonyl (C=O) groups excluding carboxylic acids is 2. The maximum atomic E-state index is 14.0. The van der Waals surface area contributed by atoms with Gasteiger partial charge in [0.15, 0.2) is 0 Å². The van der Waals surface area contributed by atoms with Crippen LogP contribution in [0.4, 0.5) is 5.69 Å². The number of pyridine rings is 1. The molecular weight excluding hydrogens is 386 g/mol. The van der Waals surface area contributed by atoms with E-state index in [0.717, 1.165) is 0 Å². The van der Waals surface area contributed by atoms with Crippen LogP contribution in [0.3, 0.4) is 0 Å². The number of rotatable bonds is 3. The molecule has 8 heteroatoms. The molecule has 0 bridgehead atoms. The number of anilines is 1. The monoisotopic (exact) mass is 409 g/mol. The third kappa shape index (κ3) is 2.30. The zero-order chi connectivity index (χ0) is 21.8. The Morgan fingerprint density at radius 2 is 1.93 bits per heavy atom. The second-order valence-electron chi connectivity index (χ2n) is 7.27. The summed E-state index contributed by atoms with van der Waals surface area (Å²) in [6.45, 7) is 5.68. The van der Waals surface area contributed by atoms with Crippen molar-refractivity contribution in [2.24, 2.45) is 12.8 Å². The molecule has 156 valence electrons. The summed E-state index contributed by atoms with van der Waals surface area (Å²) in [5, 5.41) is 0. The number of hydrogen-bond acceptors (Lipinski definition) is 6. The van der Waals surface area contributed by atoms with Crippen LogP contribution in [0.2, 0.25) is 0 Å². The fraction of sp³-hybridized carbons (Fsp3) is 0.318. The van der Waals surface area contributed by atoms with Crippen molar-refractivity contribution in [3.8, 4) is 5.75 Å². The summed E-state index contributed by atoms with van der Waals surface area (Å²) in [7, 11) is 1.61. The minimum absolute atomic E-state index is 0.0706. The number of aryl methyl sites for hydroxylation is 1. The number of likely N-dealkylation sites (N-methyl/N-ethyl adjacent to an activating group) is 1. The largest absolute Gasteiger partial charge is 0.462 e. The van der Waals surface area contributed by atoms with Crippen LogP contribution in [0.25, 0.3) is 0 Å². The number of nitrogens with zero attached hydrogens (tertiary/aromatic N) is 2. The normalized spacial score (nSPS) is 19.6. The molecule has 1 aromatic heterocycles. The fourth-order valence-electron chi connectivity index (χ4n) is 4.40. The maximum absolute atomic E-state index is 14.0. The Morgan fingerprint density at radius 3 is 2.60 bits per heavy atom. The van der Waals surface area contributed by atoms with Crippen LogP contribution in [-0.4, -0.2) is 29.6 Å². The van der Waals surface area contributed by atoms with Crippen LogP contribution in [0.15, 0.2) is 46.6 Å². The summed E-state index contributed by atoms with van der Waals surface area (Å²) in [6.07, 6.45) is 0. The van der Waals surface area contributed by atoms with Gasteiger partial charge in [-0.3, -0.25) is 9.59 Å². The van der Waals surface area contributed by atoms with Crippen LogP contribution in [0.5, 0.6) is 5.75 Å². The number of nitrogens with two attached hydrogens (primary N) is 1. The summed E-state index contributed by atoms with van der Waals surface area (Å²) in [5.41, 5.74) is 5.70. The molecule has 4 rings (SSSR count). The topological polar surface area (TPSA) is 104 Å². The number of hydrogen-bond donors (Lipinski definition) is 1. The first-order valence-corrected chi connectivity index (χ1v) is 9.78. The van der Waals surface area contributed by atoms with Gasteiger partial charge in [-0.2, -0.15) is 0 Å². The molecule has 1 amide bonds. The van der Waals surface area contributed by atoms with Gasteiger partial charge in [0.05, 0.1) is 12.2 Å². The summed E-state index contributed by atoms with van der Waals surface area (Å²) in [4.78, 5) is 42.1. The Balaban J connectivity index is 2.21. The highest BCUT2D eigenvalue weighted by Crippen LogP contribution is 2.54.